The van der Waals surface area contributed by atoms with Gasteiger partial charge in [0.15, 0.2) is 6.10 Å². The Balaban J connectivity index is 3.69. The first-order chi connectivity index (χ1) is 5.45. The zero-order valence-electron chi connectivity index (χ0n) is 5.83. The molecule has 0 saturated carbocycles. The van der Waals surface area contributed by atoms with Gasteiger partial charge in [0.2, 0.25) is 0 Å². The number of aliphatic carboxylic acids is 1. The molecule has 1 amide bonds. The fourth-order valence-corrected chi connectivity index (χ4v) is 0.362. The molecule has 1 atom stereocenters. The Morgan fingerprint density at radius 3 is 2.25 bits per heavy atom. The second-order valence-corrected chi connectivity index (χ2v) is 1.90. The molecule has 0 saturated heterocycles. The number of halogens is 2. The van der Waals surface area contributed by atoms with Crippen LogP contribution in [-0.4, -0.2) is 41.2 Å². The third-order valence-electron chi connectivity index (χ3n) is 0.953. The normalized spacial score (nSPS) is 12.7. The van der Waals surface area contributed by atoms with Crippen LogP contribution in [0.4, 0.5) is 8.78 Å². The summed E-state index contributed by atoms with van der Waals surface area (Å²) in [7, 11) is 0. The summed E-state index contributed by atoms with van der Waals surface area (Å²) in [5, 5.41) is 18.1. The third-order valence-corrected chi connectivity index (χ3v) is 0.953. The van der Waals surface area contributed by atoms with E-state index < -0.39 is 31.0 Å². The lowest BCUT2D eigenvalue weighted by Crippen LogP contribution is -2.39. The van der Waals surface area contributed by atoms with Gasteiger partial charge in [0, 0.05) is 0 Å². The molecule has 0 aliphatic rings. The van der Waals surface area contributed by atoms with Crippen molar-refractivity contribution in [1.29, 1.82) is 0 Å². The quantitative estimate of drug-likeness (QED) is 0.511. The van der Waals surface area contributed by atoms with Crippen molar-refractivity contribution in [2.45, 2.75) is 12.5 Å². The number of carboxylic acid groups (broad SMARTS) is 1. The molecule has 70 valence electrons. The van der Waals surface area contributed by atoms with Crippen molar-refractivity contribution in [1.82, 2.24) is 5.32 Å². The number of amides is 1. The Bertz CT molecular complexity index is 184. The molecule has 3 N–H and O–H groups in total. The number of carbonyl (C=O) groups is 2. The Morgan fingerprint density at radius 1 is 1.42 bits per heavy atom. The summed E-state index contributed by atoms with van der Waals surface area (Å²) < 4.78 is 22.9. The number of nitrogens with one attached hydrogen (secondary N) is 1. The van der Waals surface area contributed by atoms with Crippen molar-refractivity contribution < 1.29 is 28.6 Å². The molecule has 0 aromatic carbocycles. The van der Waals surface area contributed by atoms with Crippen LogP contribution in [0.25, 0.3) is 0 Å². The maximum absolute atomic E-state index is 11.4. The summed E-state index contributed by atoms with van der Waals surface area (Å²) in [6.45, 7) is -0.724. The molecule has 0 radical (unpaired) electrons. The first-order valence-corrected chi connectivity index (χ1v) is 2.92. The summed E-state index contributed by atoms with van der Waals surface area (Å²) >= 11 is 0. The predicted octanol–water partition coefficient (Wildman–Crippen LogP) is -1.19. The van der Waals surface area contributed by atoms with E-state index in [1.165, 1.54) is 0 Å². The molecule has 0 aliphatic carbocycles. The zero-order valence-corrected chi connectivity index (χ0v) is 5.83. The van der Waals surface area contributed by atoms with E-state index >= 15 is 0 Å². The number of rotatable bonds is 4. The monoisotopic (exact) mass is 183 g/mol. The number of hydrogen-bond donors (Lipinski definition) is 3. The summed E-state index contributed by atoms with van der Waals surface area (Å²) in [6.07, 6.45) is -5.06. The van der Waals surface area contributed by atoms with Crippen molar-refractivity contribution in [3.8, 4) is 0 Å². The molecule has 1 unspecified atom stereocenters. The number of alkyl halides is 2. The van der Waals surface area contributed by atoms with Crippen LogP contribution in [0.15, 0.2) is 0 Å². The van der Waals surface area contributed by atoms with Gasteiger partial charge < -0.3 is 15.5 Å². The fourth-order valence-electron chi connectivity index (χ4n) is 0.362. The van der Waals surface area contributed by atoms with E-state index in [9.17, 15) is 18.4 Å². The fraction of sp³-hybridized carbons (Fsp3) is 0.600. The Morgan fingerprint density at radius 2 is 1.92 bits per heavy atom. The van der Waals surface area contributed by atoms with Gasteiger partial charge in [-0.15, -0.1) is 0 Å². The van der Waals surface area contributed by atoms with E-state index in [-0.39, 0.29) is 0 Å². The highest BCUT2D eigenvalue weighted by Crippen LogP contribution is 1.90. The van der Waals surface area contributed by atoms with Gasteiger partial charge in [0.25, 0.3) is 5.91 Å². The molecule has 12 heavy (non-hydrogen) atoms. The molecular weight excluding hydrogens is 176 g/mol. The number of hydrogen-bond acceptors (Lipinski definition) is 3. The van der Waals surface area contributed by atoms with Crippen LogP contribution in [0.3, 0.4) is 0 Å². The first-order valence-electron chi connectivity index (χ1n) is 2.92. The standard InChI is InChI=1S/C5H7F2NO4/c6-3(7)4(10)8-1-2(9)5(11)12/h2-3,9H,1H2,(H,8,10)(H,11,12). The highest BCUT2D eigenvalue weighted by molar-refractivity contribution is 5.80. The van der Waals surface area contributed by atoms with Crippen LogP contribution in [-0.2, 0) is 9.59 Å². The number of aliphatic hydroxyl groups excluding tert-OH is 1. The van der Waals surface area contributed by atoms with Gasteiger partial charge in [-0.3, -0.25) is 4.79 Å². The van der Waals surface area contributed by atoms with E-state index in [1.54, 1.807) is 5.32 Å². The van der Waals surface area contributed by atoms with Gasteiger partial charge in [-0.05, 0) is 0 Å². The predicted molar refractivity (Wildman–Crippen MR) is 32.7 cm³/mol. The summed E-state index contributed by atoms with van der Waals surface area (Å²) in [4.78, 5) is 20.0. The molecule has 0 heterocycles. The lowest BCUT2D eigenvalue weighted by Gasteiger charge is -2.06. The Kier molecular flexibility index (Phi) is 4.12. The molecule has 7 heteroatoms. The van der Waals surface area contributed by atoms with E-state index in [0.29, 0.717) is 0 Å². The van der Waals surface area contributed by atoms with Gasteiger partial charge >= 0.3 is 12.4 Å². The highest BCUT2D eigenvalue weighted by Gasteiger charge is 2.18. The second-order valence-electron chi connectivity index (χ2n) is 1.90. The maximum Gasteiger partial charge on any atom is 0.334 e. The van der Waals surface area contributed by atoms with Crippen LogP contribution in [0, 0.1) is 0 Å². The van der Waals surface area contributed by atoms with Crippen molar-refractivity contribution in [3.63, 3.8) is 0 Å². The van der Waals surface area contributed by atoms with E-state index in [4.69, 9.17) is 10.2 Å². The summed E-state index contributed by atoms with van der Waals surface area (Å²) in [6, 6.07) is 0. The second kappa shape index (κ2) is 4.60. The third kappa shape index (κ3) is 3.81. The number of carboxylic acids is 1. The average Bonchev–Trinajstić information content (AvgIpc) is 1.98. The largest absolute Gasteiger partial charge is 0.479 e. The van der Waals surface area contributed by atoms with Crippen molar-refractivity contribution in [2.24, 2.45) is 0 Å². The number of aliphatic hydroxyl groups is 1. The maximum atomic E-state index is 11.4. The molecular formula is C5H7F2NO4. The van der Waals surface area contributed by atoms with Gasteiger partial charge in [-0.1, -0.05) is 0 Å². The van der Waals surface area contributed by atoms with Crippen LogP contribution in [0.1, 0.15) is 0 Å². The van der Waals surface area contributed by atoms with Crippen LogP contribution >= 0.6 is 0 Å². The minimum Gasteiger partial charge on any atom is -0.479 e. The van der Waals surface area contributed by atoms with Crippen molar-refractivity contribution in [2.75, 3.05) is 6.54 Å². The summed E-state index contributed by atoms with van der Waals surface area (Å²) in [5.74, 6) is -3.18. The number of carbonyl (C=O) groups excluding carboxylic acids is 1. The molecule has 0 aromatic heterocycles. The molecule has 5 nitrogen and oxygen atoms in total. The summed E-state index contributed by atoms with van der Waals surface area (Å²) in [5.41, 5.74) is 0. The van der Waals surface area contributed by atoms with Gasteiger partial charge in [-0.2, -0.15) is 8.78 Å². The van der Waals surface area contributed by atoms with Gasteiger partial charge in [-0.25, -0.2) is 4.79 Å². The van der Waals surface area contributed by atoms with Crippen LogP contribution in [0.5, 0.6) is 0 Å². The Labute approximate surface area is 66.0 Å². The first kappa shape index (κ1) is 10.8. The minimum absolute atomic E-state index is 0.724. The van der Waals surface area contributed by atoms with E-state index in [2.05, 4.69) is 0 Å². The van der Waals surface area contributed by atoms with Gasteiger partial charge in [0.05, 0.1) is 6.54 Å². The molecule has 0 aliphatic heterocycles. The molecule has 0 spiro atoms. The topological polar surface area (TPSA) is 86.6 Å². The van der Waals surface area contributed by atoms with E-state index in [0.717, 1.165) is 0 Å². The lowest BCUT2D eigenvalue weighted by atomic mass is 10.3. The Hall–Kier alpha value is -1.24. The van der Waals surface area contributed by atoms with Crippen LogP contribution < -0.4 is 5.32 Å². The van der Waals surface area contributed by atoms with Crippen molar-refractivity contribution >= 4 is 11.9 Å². The smallest absolute Gasteiger partial charge is 0.334 e. The lowest BCUT2D eigenvalue weighted by molar-refractivity contribution is -0.146. The molecule has 0 aromatic rings. The van der Waals surface area contributed by atoms with Crippen LogP contribution in [0.2, 0.25) is 0 Å². The zero-order chi connectivity index (χ0) is 9.72. The molecule has 0 fully saturated rings. The molecule has 0 bridgehead atoms. The SMILES string of the molecule is O=C(NCC(O)C(=O)O)C(F)F. The van der Waals surface area contributed by atoms with Crippen molar-refractivity contribution in [3.05, 3.63) is 0 Å². The highest BCUT2D eigenvalue weighted by atomic mass is 19.3. The molecule has 0 rings (SSSR count). The average molecular weight is 183 g/mol. The van der Waals surface area contributed by atoms with E-state index in [1.807, 2.05) is 0 Å². The minimum atomic E-state index is -3.20. The van der Waals surface area contributed by atoms with Gasteiger partial charge in [0.1, 0.15) is 0 Å².